The first-order chi connectivity index (χ1) is 8.06. The molecule has 1 aliphatic rings. The molecule has 5 nitrogen and oxygen atoms in total. The summed E-state index contributed by atoms with van der Waals surface area (Å²) in [6.45, 7) is 4.01. The number of guanidine groups is 1. The minimum absolute atomic E-state index is 0. The average Bonchev–Trinajstić information content (AvgIpc) is 2.65. The fraction of sp³-hybridized carbons (Fsp3) is 0.417. The maximum absolute atomic E-state index is 5.75. The van der Waals surface area contributed by atoms with E-state index in [9.17, 15) is 0 Å². The largest absolute Gasteiger partial charge is 1.00 e. The molecule has 0 bridgehead atoms. The first-order valence-corrected chi connectivity index (χ1v) is 5.82. The second-order valence-corrected chi connectivity index (χ2v) is 4.58. The van der Waals surface area contributed by atoms with Crippen LogP contribution in [0, 0.1) is 6.92 Å². The third-order valence-electron chi connectivity index (χ3n) is 3.12. The minimum atomic E-state index is 0. The fourth-order valence-electron chi connectivity index (χ4n) is 2.37. The molecule has 0 radical (unpaired) electrons. The molecule has 0 spiro atoms. The Labute approximate surface area is 113 Å². The van der Waals surface area contributed by atoms with E-state index in [0.717, 1.165) is 25.2 Å². The maximum Gasteiger partial charge on any atom is 0.339 e. The van der Waals surface area contributed by atoms with Crippen molar-refractivity contribution in [3.05, 3.63) is 23.8 Å². The Morgan fingerprint density at radius 2 is 2.11 bits per heavy atom. The zero-order valence-electron chi connectivity index (χ0n) is 10.5. The number of hydrogen-bond acceptors (Lipinski definition) is 2. The van der Waals surface area contributed by atoms with Crippen molar-refractivity contribution >= 4 is 17.3 Å². The van der Waals surface area contributed by atoms with Gasteiger partial charge in [-0.25, -0.2) is 0 Å². The minimum Gasteiger partial charge on any atom is -1.00 e. The number of hydrogen-bond donors (Lipinski definition) is 4. The van der Waals surface area contributed by atoms with E-state index >= 15 is 0 Å². The van der Waals surface area contributed by atoms with Gasteiger partial charge < -0.3 is 23.0 Å². The highest BCUT2D eigenvalue weighted by Crippen LogP contribution is 2.25. The van der Waals surface area contributed by atoms with Crippen LogP contribution in [-0.4, -0.2) is 25.1 Å². The lowest BCUT2D eigenvalue weighted by Gasteiger charge is -2.20. The summed E-state index contributed by atoms with van der Waals surface area (Å²) in [5.41, 5.74) is 19.9. The molecule has 7 N–H and O–H groups in total. The SMILES string of the molecule is Cc1cc(N)ccc1N1CCC([NH+]=C(N)N)C1.[Cl-]. The summed E-state index contributed by atoms with van der Waals surface area (Å²) in [5, 5.41) is 0. The van der Waals surface area contributed by atoms with E-state index in [-0.39, 0.29) is 12.4 Å². The normalized spacial score (nSPS) is 18.3. The van der Waals surface area contributed by atoms with Gasteiger partial charge in [0.25, 0.3) is 0 Å². The Kier molecular flexibility index (Phi) is 4.67. The molecule has 0 saturated carbocycles. The Hall–Kier alpha value is -1.62. The van der Waals surface area contributed by atoms with Crippen LogP contribution in [0.2, 0.25) is 0 Å². The van der Waals surface area contributed by atoms with Gasteiger partial charge in [0.2, 0.25) is 0 Å². The summed E-state index contributed by atoms with van der Waals surface area (Å²) >= 11 is 0. The van der Waals surface area contributed by atoms with Crippen molar-refractivity contribution < 1.29 is 17.4 Å². The standard InChI is InChI=1S/C12H19N5.ClH/c1-8-6-9(13)2-3-11(8)17-5-4-10(7-17)16-12(14)15;/h2-3,6,10H,4-5,7,13H2,1H3,(H4,14,15,16);1H. The van der Waals surface area contributed by atoms with Crippen LogP contribution < -0.4 is 39.5 Å². The topological polar surface area (TPSA) is 95.3 Å². The van der Waals surface area contributed by atoms with Gasteiger partial charge in [0.1, 0.15) is 0 Å². The maximum atomic E-state index is 5.75. The molecule has 1 atom stereocenters. The highest BCUT2D eigenvalue weighted by atomic mass is 35.5. The number of rotatable bonds is 2. The number of halogens is 1. The summed E-state index contributed by atoms with van der Waals surface area (Å²) in [5.74, 6) is 0.297. The number of nitrogens with one attached hydrogen (secondary N) is 1. The van der Waals surface area contributed by atoms with E-state index in [2.05, 4.69) is 22.9 Å². The summed E-state index contributed by atoms with van der Waals surface area (Å²) in [6, 6.07) is 6.34. The third-order valence-corrected chi connectivity index (χ3v) is 3.12. The Morgan fingerprint density at radius 3 is 2.72 bits per heavy atom. The van der Waals surface area contributed by atoms with Gasteiger partial charge in [-0.2, -0.15) is 0 Å². The second-order valence-electron chi connectivity index (χ2n) is 4.58. The van der Waals surface area contributed by atoms with Crippen molar-refractivity contribution in [1.82, 2.24) is 0 Å². The molecule has 1 aromatic carbocycles. The Morgan fingerprint density at radius 1 is 1.39 bits per heavy atom. The van der Waals surface area contributed by atoms with Gasteiger partial charge in [-0.1, -0.05) is 0 Å². The van der Waals surface area contributed by atoms with E-state index < -0.39 is 0 Å². The van der Waals surface area contributed by atoms with Crippen molar-refractivity contribution in [2.75, 3.05) is 23.7 Å². The van der Waals surface area contributed by atoms with Crippen LogP contribution in [-0.2, 0) is 0 Å². The molecule has 1 heterocycles. The zero-order chi connectivity index (χ0) is 12.4. The van der Waals surface area contributed by atoms with E-state index in [0.29, 0.717) is 12.0 Å². The molecule has 0 aliphatic carbocycles. The van der Waals surface area contributed by atoms with Crippen molar-refractivity contribution in [3.63, 3.8) is 0 Å². The number of nitrogens with zero attached hydrogens (tertiary/aromatic N) is 1. The number of nitrogen functional groups attached to an aromatic ring is 1. The molecular weight excluding hydrogens is 250 g/mol. The smallest absolute Gasteiger partial charge is 0.339 e. The van der Waals surface area contributed by atoms with Crippen LogP contribution in [0.5, 0.6) is 0 Å². The molecule has 1 aliphatic heterocycles. The average molecular weight is 270 g/mol. The van der Waals surface area contributed by atoms with Gasteiger partial charge in [-0.05, 0) is 30.7 Å². The van der Waals surface area contributed by atoms with Crippen LogP contribution in [0.4, 0.5) is 11.4 Å². The van der Waals surface area contributed by atoms with Crippen LogP contribution in [0.25, 0.3) is 0 Å². The Bertz CT molecular complexity index is 442. The van der Waals surface area contributed by atoms with Crippen LogP contribution in [0.3, 0.4) is 0 Å². The molecule has 1 fully saturated rings. The summed E-state index contributed by atoms with van der Waals surface area (Å²) in [6.07, 6.45) is 1.04. The summed E-state index contributed by atoms with van der Waals surface area (Å²) in [7, 11) is 0. The van der Waals surface area contributed by atoms with Crippen molar-refractivity contribution in [2.45, 2.75) is 19.4 Å². The second kappa shape index (κ2) is 5.82. The molecule has 6 heteroatoms. The van der Waals surface area contributed by atoms with E-state index in [1.54, 1.807) is 0 Å². The van der Waals surface area contributed by atoms with E-state index in [1.165, 1.54) is 11.3 Å². The summed E-state index contributed by atoms with van der Waals surface area (Å²) < 4.78 is 0. The quantitative estimate of drug-likeness (QED) is 0.247. The molecule has 1 saturated heterocycles. The number of benzene rings is 1. The number of anilines is 2. The first kappa shape index (κ1) is 14.4. The molecule has 2 rings (SSSR count). The van der Waals surface area contributed by atoms with Gasteiger partial charge >= 0.3 is 5.96 Å². The molecule has 0 aromatic heterocycles. The van der Waals surface area contributed by atoms with Gasteiger partial charge in [-0.3, -0.25) is 16.5 Å². The monoisotopic (exact) mass is 269 g/mol. The third kappa shape index (κ3) is 3.20. The molecule has 0 amide bonds. The molecular formula is C12H20ClN5. The number of nitrogens with two attached hydrogens (primary N) is 3. The predicted octanol–water partition coefficient (Wildman–Crippen LogP) is -4.49. The van der Waals surface area contributed by atoms with Gasteiger partial charge in [0, 0.05) is 24.3 Å². The molecule has 18 heavy (non-hydrogen) atoms. The zero-order valence-corrected chi connectivity index (χ0v) is 11.2. The van der Waals surface area contributed by atoms with Crippen LogP contribution in [0.15, 0.2) is 18.2 Å². The lowest BCUT2D eigenvalue weighted by Crippen LogP contribution is -3.00. The molecule has 100 valence electrons. The van der Waals surface area contributed by atoms with E-state index in [1.807, 2.05) is 12.1 Å². The van der Waals surface area contributed by atoms with Crippen molar-refractivity contribution in [2.24, 2.45) is 11.5 Å². The highest BCUT2D eigenvalue weighted by Gasteiger charge is 2.24. The van der Waals surface area contributed by atoms with Crippen LogP contribution in [0.1, 0.15) is 12.0 Å². The van der Waals surface area contributed by atoms with Gasteiger partial charge in [-0.15, -0.1) is 0 Å². The van der Waals surface area contributed by atoms with Crippen LogP contribution >= 0.6 is 0 Å². The Balaban J connectivity index is 0.00000162. The first-order valence-electron chi connectivity index (χ1n) is 5.82. The summed E-state index contributed by atoms with van der Waals surface area (Å²) in [4.78, 5) is 5.41. The highest BCUT2D eigenvalue weighted by molar-refractivity contribution is 5.69. The van der Waals surface area contributed by atoms with Gasteiger partial charge in [0.15, 0.2) is 0 Å². The lowest BCUT2D eigenvalue weighted by atomic mass is 10.1. The lowest BCUT2D eigenvalue weighted by molar-refractivity contribution is -0.498. The molecule has 1 unspecified atom stereocenters. The van der Waals surface area contributed by atoms with Gasteiger partial charge in [0.05, 0.1) is 12.6 Å². The predicted molar refractivity (Wildman–Crippen MR) is 70.6 cm³/mol. The van der Waals surface area contributed by atoms with Crippen molar-refractivity contribution in [1.29, 1.82) is 0 Å². The van der Waals surface area contributed by atoms with E-state index in [4.69, 9.17) is 17.2 Å². The number of aryl methyl sites for hydroxylation is 1. The van der Waals surface area contributed by atoms with Crippen molar-refractivity contribution in [3.8, 4) is 0 Å². The fourth-order valence-corrected chi connectivity index (χ4v) is 2.37. The molecule has 1 aromatic rings.